The lowest BCUT2D eigenvalue weighted by Crippen LogP contribution is -2.20. The molecule has 0 unspecified atom stereocenters. The van der Waals surface area contributed by atoms with E-state index in [2.05, 4.69) is 10.5 Å². The molecule has 138 valence electrons. The first kappa shape index (κ1) is 19.2. The van der Waals surface area contributed by atoms with Crippen molar-refractivity contribution >= 4 is 11.6 Å². The van der Waals surface area contributed by atoms with Crippen molar-refractivity contribution in [1.29, 1.82) is 0 Å². The van der Waals surface area contributed by atoms with Gasteiger partial charge in [-0.15, -0.1) is 0 Å². The molecule has 0 radical (unpaired) electrons. The first-order chi connectivity index (χ1) is 12.4. The first-order valence-corrected chi connectivity index (χ1v) is 7.52. The van der Waals surface area contributed by atoms with Crippen LogP contribution in [0.1, 0.15) is 22.8 Å². The van der Waals surface area contributed by atoms with E-state index in [1.54, 1.807) is 0 Å². The number of halogens is 2. The van der Waals surface area contributed by atoms with Gasteiger partial charge in [0, 0.05) is 5.56 Å². The van der Waals surface area contributed by atoms with Crippen LogP contribution < -0.4 is 19.6 Å². The second kappa shape index (κ2) is 8.28. The fraction of sp³-hybridized carbons (Fsp3) is 0.222. The van der Waals surface area contributed by atoms with E-state index in [9.17, 15) is 13.6 Å². The van der Waals surface area contributed by atoms with E-state index >= 15 is 0 Å². The van der Waals surface area contributed by atoms with Gasteiger partial charge in [0.25, 0.3) is 5.91 Å². The number of nitrogens with zero attached hydrogens (tertiary/aromatic N) is 1. The molecule has 6 nitrogen and oxygen atoms in total. The molecule has 1 amide bonds. The zero-order valence-corrected chi connectivity index (χ0v) is 14.7. The summed E-state index contributed by atoms with van der Waals surface area (Å²) in [5, 5.41) is 3.77. The summed E-state index contributed by atoms with van der Waals surface area (Å²) < 4.78 is 43.0. The van der Waals surface area contributed by atoms with Gasteiger partial charge in [-0.05, 0) is 31.2 Å². The second-order valence-electron chi connectivity index (χ2n) is 5.15. The number of amides is 1. The number of hydrogen-bond acceptors (Lipinski definition) is 5. The van der Waals surface area contributed by atoms with Gasteiger partial charge in [-0.2, -0.15) is 5.10 Å². The van der Waals surface area contributed by atoms with Crippen LogP contribution in [0.3, 0.4) is 0 Å². The van der Waals surface area contributed by atoms with Gasteiger partial charge in [0.1, 0.15) is 11.6 Å². The first-order valence-electron chi connectivity index (χ1n) is 7.52. The van der Waals surface area contributed by atoms with E-state index in [1.165, 1.54) is 46.5 Å². The Hall–Kier alpha value is -3.16. The maximum atomic E-state index is 13.7. The fourth-order valence-corrected chi connectivity index (χ4v) is 2.31. The number of hydrogen-bond donors (Lipinski definition) is 1. The van der Waals surface area contributed by atoms with E-state index in [0.717, 1.165) is 12.1 Å². The highest BCUT2D eigenvalue weighted by Crippen LogP contribution is 2.38. The van der Waals surface area contributed by atoms with Gasteiger partial charge in [-0.25, -0.2) is 14.2 Å². The third-order valence-electron chi connectivity index (χ3n) is 3.58. The molecule has 0 heterocycles. The lowest BCUT2D eigenvalue weighted by molar-refractivity contribution is 0.0954. The molecule has 0 atom stereocenters. The van der Waals surface area contributed by atoms with Crippen LogP contribution in [-0.2, 0) is 0 Å². The number of nitrogens with one attached hydrogen (secondary N) is 1. The number of carbonyl (C=O) groups is 1. The molecule has 26 heavy (non-hydrogen) atoms. The monoisotopic (exact) mass is 364 g/mol. The molecular weight excluding hydrogens is 346 g/mol. The summed E-state index contributed by atoms with van der Waals surface area (Å²) in [6.07, 6.45) is 0. The number of benzene rings is 2. The summed E-state index contributed by atoms with van der Waals surface area (Å²) >= 11 is 0. The van der Waals surface area contributed by atoms with Gasteiger partial charge in [0.15, 0.2) is 11.5 Å². The molecule has 0 aliphatic rings. The Bertz CT molecular complexity index is 808. The highest BCUT2D eigenvalue weighted by Gasteiger charge is 2.17. The molecular formula is C18H18F2N2O4. The molecule has 1 N–H and O–H groups in total. The van der Waals surface area contributed by atoms with Gasteiger partial charge < -0.3 is 14.2 Å². The van der Waals surface area contributed by atoms with Crippen molar-refractivity contribution in [3.8, 4) is 17.2 Å². The summed E-state index contributed by atoms with van der Waals surface area (Å²) in [5.41, 5.74) is 2.11. The van der Waals surface area contributed by atoms with Crippen LogP contribution in [0.5, 0.6) is 17.2 Å². The molecule has 0 aliphatic carbocycles. The standard InChI is InChI=1S/C18H18F2N2O4/c1-10(16-12(19)6-5-7-13(16)20)21-22-18(23)11-8-14(24-2)17(26-4)15(9-11)25-3/h5-9H,1-4H3,(H,22,23)/b21-10-. The molecule has 8 heteroatoms. The van der Waals surface area contributed by atoms with Crippen LogP contribution in [0.15, 0.2) is 35.4 Å². The Morgan fingerprint density at radius 3 is 2.00 bits per heavy atom. The Labute approximate surface area is 149 Å². The van der Waals surface area contributed by atoms with Gasteiger partial charge in [0.2, 0.25) is 5.75 Å². The van der Waals surface area contributed by atoms with Gasteiger partial charge in [0.05, 0.1) is 32.6 Å². The van der Waals surface area contributed by atoms with Gasteiger partial charge in [-0.1, -0.05) is 6.07 Å². The summed E-state index contributed by atoms with van der Waals surface area (Å²) in [4.78, 5) is 12.3. The van der Waals surface area contributed by atoms with E-state index in [1.807, 2.05) is 0 Å². The third-order valence-corrected chi connectivity index (χ3v) is 3.58. The maximum Gasteiger partial charge on any atom is 0.271 e. The third kappa shape index (κ3) is 3.90. The van der Waals surface area contributed by atoms with Crippen LogP contribution >= 0.6 is 0 Å². The van der Waals surface area contributed by atoms with Crippen molar-refractivity contribution in [2.24, 2.45) is 5.10 Å². The van der Waals surface area contributed by atoms with E-state index in [4.69, 9.17) is 14.2 Å². The van der Waals surface area contributed by atoms with E-state index in [0.29, 0.717) is 5.75 Å². The average molecular weight is 364 g/mol. The molecule has 0 aromatic heterocycles. The van der Waals surface area contributed by atoms with Crippen LogP contribution in [0.4, 0.5) is 8.78 Å². The zero-order valence-electron chi connectivity index (χ0n) is 14.7. The highest BCUT2D eigenvalue weighted by molar-refractivity contribution is 6.01. The fourth-order valence-electron chi connectivity index (χ4n) is 2.31. The highest BCUT2D eigenvalue weighted by atomic mass is 19.1. The Kier molecular flexibility index (Phi) is 6.11. The van der Waals surface area contributed by atoms with Crippen molar-refractivity contribution in [3.05, 3.63) is 53.1 Å². The number of methoxy groups -OCH3 is 3. The predicted molar refractivity (Wildman–Crippen MR) is 92.1 cm³/mol. The predicted octanol–water partition coefficient (Wildman–Crippen LogP) is 3.14. The van der Waals surface area contributed by atoms with E-state index < -0.39 is 17.5 Å². The van der Waals surface area contributed by atoms with Crippen LogP contribution in [0.2, 0.25) is 0 Å². The Morgan fingerprint density at radius 2 is 1.54 bits per heavy atom. The molecule has 0 saturated heterocycles. The largest absolute Gasteiger partial charge is 0.493 e. The molecule has 0 aliphatic heterocycles. The average Bonchev–Trinajstić information content (AvgIpc) is 2.64. The van der Waals surface area contributed by atoms with Gasteiger partial charge in [-0.3, -0.25) is 4.79 Å². The topological polar surface area (TPSA) is 69.2 Å². The number of rotatable bonds is 6. The molecule has 0 saturated carbocycles. The smallest absolute Gasteiger partial charge is 0.271 e. The van der Waals surface area contributed by atoms with Crippen molar-refractivity contribution in [2.75, 3.05) is 21.3 Å². The summed E-state index contributed by atoms with van der Waals surface area (Å²) in [6.45, 7) is 1.39. The number of hydrazone groups is 1. The van der Waals surface area contributed by atoms with E-state index in [-0.39, 0.29) is 28.3 Å². The van der Waals surface area contributed by atoms with Crippen molar-refractivity contribution < 1.29 is 27.8 Å². The van der Waals surface area contributed by atoms with Crippen LogP contribution in [-0.4, -0.2) is 32.9 Å². The van der Waals surface area contributed by atoms with Crippen LogP contribution in [0, 0.1) is 11.6 Å². The molecule has 2 aromatic rings. The van der Waals surface area contributed by atoms with Crippen molar-refractivity contribution in [1.82, 2.24) is 5.43 Å². The minimum absolute atomic E-state index is 0.0126. The van der Waals surface area contributed by atoms with Gasteiger partial charge >= 0.3 is 0 Å². The lowest BCUT2D eigenvalue weighted by Gasteiger charge is -2.13. The Morgan fingerprint density at radius 1 is 1.00 bits per heavy atom. The summed E-state index contributed by atoms with van der Waals surface area (Å²) in [5.74, 6) is -1.24. The quantitative estimate of drug-likeness (QED) is 0.632. The lowest BCUT2D eigenvalue weighted by atomic mass is 10.1. The van der Waals surface area contributed by atoms with Crippen LogP contribution in [0.25, 0.3) is 0 Å². The number of carbonyl (C=O) groups excluding carboxylic acids is 1. The molecule has 0 spiro atoms. The van der Waals surface area contributed by atoms with Crippen molar-refractivity contribution in [2.45, 2.75) is 6.92 Å². The molecule has 0 bridgehead atoms. The number of ether oxygens (including phenoxy) is 3. The Balaban J connectivity index is 2.30. The maximum absolute atomic E-state index is 13.7. The molecule has 2 aromatic carbocycles. The normalized spacial score (nSPS) is 11.1. The molecule has 2 rings (SSSR count). The second-order valence-corrected chi connectivity index (χ2v) is 5.15. The zero-order chi connectivity index (χ0) is 19.3. The van der Waals surface area contributed by atoms with Crippen molar-refractivity contribution in [3.63, 3.8) is 0 Å². The molecule has 0 fully saturated rings. The minimum Gasteiger partial charge on any atom is -0.493 e. The minimum atomic E-state index is -0.770. The SMILES string of the molecule is COc1cc(C(=O)N/N=C(/C)c2c(F)cccc2F)cc(OC)c1OC. The summed E-state index contributed by atoms with van der Waals surface area (Å²) in [6, 6.07) is 6.34. The summed E-state index contributed by atoms with van der Waals surface area (Å²) in [7, 11) is 4.28.